The number of hydrogen-bond donors (Lipinski definition) is 2. The second kappa shape index (κ2) is 5.74. The molecule has 1 amide bonds. The molecule has 1 rings (SSSR count). The molecule has 2 atom stereocenters. The maximum Gasteiger partial charge on any atom is 0.223 e. The number of likely N-dealkylation sites (tertiary alicyclic amines) is 1. The number of β-amino-alcohol motifs (C(OH)–C–C–N with tert-alkyl or cyclic N) is 1. The van der Waals surface area contributed by atoms with E-state index in [2.05, 4.69) is 5.92 Å². The molecule has 1 aliphatic rings. The molecular weight excluding hydrogens is 194 g/mol. The van der Waals surface area contributed by atoms with Crippen molar-refractivity contribution in [2.45, 2.75) is 37.8 Å². The van der Waals surface area contributed by atoms with E-state index in [1.165, 1.54) is 0 Å². The number of terminal acetylenes is 1. The molecule has 4 heteroatoms. The summed E-state index contributed by atoms with van der Waals surface area (Å²) in [6.07, 6.45) is 6.71. The van der Waals surface area contributed by atoms with Crippen LogP contribution in [0.25, 0.3) is 0 Å². The van der Waals surface area contributed by atoms with Crippen molar-refractivity contribution in [1.29, 1.82) is 0 Å². The molecule has 1 aliphatic heterocycles. The van der Waals surface area contributed by atoms with Gasteiger partial charge in [-0.15, -0.1) is 12.3 Å². The summed E-state index contributed by atoms with van der Waals surface area (Å²) in [6, 6.07) is -0.224. The molecule has 4 nitrogen and oxygen atoms in total. The first-order valence-corrected chi connectivity index (χ1v) is 5.21. The topological polar surface area (TPSA) is 60.8 Å². The van der Waals surface area contributed by atoms with Gasteiger partial charge < -0.3 is 15.1 Å². The Balaban J connectivity index is 2.41. The van der Waals surface area contributed by atoms with E-state index >= 15 is 0 Å². The lowest BCUT2D eigenvalue weighted by molar-refractivity contribution is -0.133. The average Bonchev–Trinajstić information content (AvgIpc) is 2.60. The molecule has 0 unspecified atom stereocenters. The summed E-state index contributed by atoms with van der Waals surface area (Å²) < 4.78 is 0. The molecule has 84 valence electrons. The molecule has 0 spiro atoms. The zero-order chi connectivity index (χ0) is 11.3. The highest BCUT2D eigenvalue weighted by atomic mass is 16.3. The number of carbonyl (C=O) groups excluding carboxylic acids is 1. The number of unbranched alkanes of at least 4 members (excludes halogenated alkanes) is 1. The Morgan fingerprint density at radius 3 is 2.93 bits per heavy atom. The highest BCUT2D eigenvalue weighted by Crippen LogP contribution is 2.18. The lowest BCUT2D eigenvalue weighted by atomic mass is 10.2. The van der Waals surface area contributed by atoms with Crippen molar-refractivity contribution in [3.63, 3.8) is 0 Å². The Bertz CT molecular complexity index is 259. The molecule has 2 N–H and O–H groups in total. The van der Waals surface area contributed by atoms with Crippen molar-refractivity contribution in [3.05, 3.63) is 0 Å². The normalized spacial score (nSPS) is 25.3. The summed E-state index contributed by atoms with van der Waals surface area (Å²) in [5.41, 5.74) is 0. The zero-order valence-electron chi connectivity index (χ0n) is 8.72. The van der Waals surface area contributed by atoms with E-state index in [9.17, 15) is 9.90 Å². The molecule has 1 heterocycles. The zero-order valence-corrected chi connectivity index (χ0v) is 8.72. The van der Waals surface area contributed by atoms with E-state index < -0.39 is 6.10 Å². The molecule has 0 aromatic rings. The summed E-state index contributed by atoms with van der Waals surface area (Å²) in [5, 5.41) is 18.4. The van der Waals surface area contributed by atoms with E-state index in [1.807, 2.05) is 0 Å². The van der Waals surface area contributed by atoms with Gasteiger partial charge in [0.25, 0.3) is 0 Å². The third kappa shape index (κ3) is 3.22. The van der Waals surface area contributed by atoms with Gasteiger partial charge in [0.2, 0.25) is 5.91 Å². The third-order valence-electron chi connectivity index (χ3n) is 2.64. The SMILES string of the molecule is C#CCCCC(=O)N1C[C@H](O)C[C@H]1CO. The number of carbonyl (C=O) groups is 1. The Kier molecular flexibility index (Phi) is 4.60. The van der Waals surface area contributed by atoms with Crippen LogP contribution in [-0.2, 0) is 4.79 Å². The van der Waals surface area contributed by atoms with Gasteiger partial charge in [-0.05, 0) is 12.8 Å². The number of amides is 1. The van der Waals surface area contributed by atoms with E-state index in [1.54, 1.807) is 4.90 Å². The maximum atomic E-state index is 11.7. The Morgan fingerprint density at radius 2 is 2.33 bits per heavy atom. The molecule has 0 aromatic carbocycles. The fourth-order valence-electron chi connectivity index (χ4n) is 1.86. The van der Waals surface area contributed by atoms with Crippen LogP contribution in [0.2, 0.25) is 0 Å². The number of rotatable bonds is 4. The minimum Gasteiger partial charge on any atom is -0.394 e. The Hall–Kier alpha value is -1.05. The van der Waals surface area contributed by atoms with E-state index in [-0.39, 0.29) is 18.6 Å². The molecule has 0 bridgehead atoms. The van der Waals surface area contributed by atoms with Gasteiger partial charge in [0.05, 0.1) is 18.8 Å². The Morgan fingerprint density at radius 1 is 1.60 bits per heavy atom. The lowest BCUT2D eigenvalue weighted by Gasteiger charge is -2.22. The van der Waals surface area contributed by atoms with Crippen molar-refractivity contribution in [2.75, 3.05) is 13.2 Å². The second-order valence-corrected chi connectivity index (χ2v) is 3.83. The van der Waals surface area contributed by atoms with Gasteiger partial charge in [-0.2, -0.15) is 0 Å². The van der Waals surface area contributed by atoms with Crippen LogP contribution in [0, 0.1) is 12.3 Å². The van der Waals surface area contributed by atoms with Crippen molar-refractivity contribution in [1.82, 2.24) is 4.90 Å². The van der Waals surface area contributed by atoms with Crippen LogP contribution in [0.5, 0.6) is 0 Å². The minimum atomic E-state index is -0.501. The predicted octanol–water partition coefficient (Wildman–Crippen LogP) is -0.256. The fraction of sp³-hybridized carbons (Fsp3) is 0.727. The first-order valence-electron chi connectivity index (χ1n) is 5.21. The van der Waals surface area contributed by atoms with Crippen molar-refractivity contribution >= 4 is 5.91 Å². The van der Waals surface area contributed by atoms with Crippen LogP contribution in [0.4, 0.5) is 0 Å². The standard InChI is InChI=1S/C11H17NO3/c1-2-3-4-5-11(15)12-7-10(14)6-9(12)8-13/h1,9-10,13-14H,3-8H2/t9-,10+/m0/s1. The second-order valence-electron chi connectivity index (χ2n) is 3.83. The average molecular weight is 211 g/mol. The largest absolute Gasteiger partial charge is 0.394 e. The maximum absolute atomic E-state index is 11.7. The molecule has 15 heavy (non-hydrogen) atoms. The summed E-state index contributed by atoms with van der Waals surface area (Å²) >= 11 is 0. The smallest absolute Gasteiger partial charge is 0.223 e. The minimum absolute atomic E-state index is 0.0270. The molecule has 0 saturated carbocycles. The van der Waals surface area contributed by atoms with Crippen molar-refractivity contribution in [2.24, 2.45) is 0 Å². The first-order chi connectivity index (χ1) is 7.19. The highest BCUT2D eigenvalue weighted by molar-refractivity contribution is 5.77. The van der Waals surface area contributed by atoms with Gasteiger partial charge in [0, 0.05) is 19.4 Å². The third-order valence-corrected chi connectivity index (χ3v) is 2.64. The van der Waals surface area contributed by atoms with Crippen LogP contribution in [0.15, 0.2) is 0 Å². The number of aliphatic hydroxyl groups is 2. The molecule has 0 radical (unpaired) electrons. The molecule has 1 saturated heterocycles. The van der Waals surface area contributed by atoms with Crippen LogP contribution >= 0.6 is 0 Å². The van der Waals surface area contributed by atoms with Crippen LogP contribution in [0.3, 0.4) is 0 Å². The summed E-state index contributed by atoms with van der Waals surface area (Å²) in [7, 11) is 0. The van der Waals surface area contributed by atoms with Crippen LogP contribution in [-0.4, -0.2) is 46.3 Å². The van der Waals surface area contributed by atoms with Gasteiger partial charge in [0.15, 0.2) is 0 Å². The van der Waals surface area contributed by atoms with Gasteiger partial charge in [0.1, 0.15) is 0 Å². The van der Waals surface area contributed by atoms with E-state index in [0.29, 0.717) is 32.2 Å². The number of aliphatic hydroxyl groups excluding tert-OH is 2. The van der Waals surface area contributed by atoms with E-state index in [4.69, 9.17) is 11.5 Å². The van der Waals surface area contributed by atoms with Gasteiger partial charge in [-0.1, -0.05) is 0 Å². The summed E-state index contributed by atoms with van der Waals surface area (Å²) in [5.74, 6) is 2.45. The van der Waals surface area contributed by atoms with Crippen molar-refractivity contribution in [3.8, 4) is 12.3 Å². The monoisotopic (exact) mass is 211 g/mol. The fourth-order valence-corrected chi connectivity index (χ4v) is 1.86. The quantitative estimate of drug-likeness (QED) is 0.497. The lowest BCUT2D eigenvalue weighted by Crippen LogP contribution is -2.37. The summed E-state index contributed by atoms with van der Waals surface area (Å²) in [4.78, 5) is 13.2. The number of hydrogen-bond acceptors (Lipinski definition) is 3. The van der Waals surface area contributed by atoms with E-state index in [0.717, 1.165) is 0 Å². The molecular formula is C11H17NO3. The predicted molar refractivity (Wildman–Crippen MR) is 55.9 cm³/mol. The molecule has 0 aliphatic carbocycles. The van der Waals surface area contributed by atoms with Gasteiger partial charge in [-0.25, -0.2) is 0 Å². The molecule has 1 fully saturated rings. The van der Waals surface area contributed by atoms with Gasteiger partial charge >= 0.3 is 0 Å². The molecule has 0 aromatic heterocycles. The first kappa shape index (κ1) is 12.0. The van der Waals surface area contributed by atoms with Crippen LogP contribution < -0.4 is 0 Å². The van der Waals surface area contributed by atoms with Gasteiger partial charge in [-0.3, -0.25) is 4.79 Å². The number of nitrogens with zero attached hydrogens (tertiary/aromatic N) is 1. The van der Waals surface area contributed by atoms with Crippen molar-refractivity contribution < 1.29 is 15.0 Å². The van der Waals surface area contributed by atoms with Crippen LogP contribution in [0.1, 0.15) is 25.7 Å². The summed E-state index contributed by atoms with van der Waals surface area (Å²) in [6.45, 7) is 0.248. The Labute approximate surface area is 89.9 Å². The highest BCUT2D eigenvalue weighted by Gasteiger charge is 2.33.